The minimum Gasteiger partial charge on any atom is -0.430 e. The third kappa shape index (κ3) is 2.88. The van der Waals surface area contributed by atoms with Gasteiger partial charge in [-0.15, -0.1) is 10.2 Å². The van der Waals surface area contributed by atoms with Crippen LogP contribution in [0.4, 0.5) is 5.69 Å². The Morgan fingerprint density at radius 1 is 1.30 bits per heavy atom. The van der Waals surface area contributed by atoms with E-state index in [0.717, 1.165) is 5.56 Å². The van der Waals surface area contributed by atoms with Crippen molar-refractivity contribution >= 4 is 33.2 Å². The maximum atomic E-state index is 11.0. The van der Waals surface area contributed by atoms with Crippen molar-refractivity contribution in [3.8, 4) is 11.6 Å². The summed E-state index contributed by atoms with van der Waals surface area (Å²) in [5, 5.41) is 18.9. The Bertz CT molecular complexity index is 694. The molecule has 0 amide bonds. The van der Waals surface area contributed by atoms with Crippen LogP contribution in [0.15, 0.2) is 22.7 Å². The largest absolute Gasteiger partial charge is 0.430 e. The molecule has 0 aliphatic heterocycles. The molecule has 1 heterocycles. The molecule has 0 unspecified atom stereocenters. The summed E-state index contributed by atoms with van der Waals surface area (Å²) in [4.78, 5) is 10.5. The van der Waals surface area contributed by atoms with E-state index in [9.17, 15) is 10.1 Å². The van der Waals surface area contributed by atoms with Crippen LogP contribution in [0.5, 0.6) is 11.6 Å². The zero-order valence-corrected chi connectivity index (χ0v) is 12.9. The van der Waals surface area contributed by atoms with E-state index in [2.05, 4.69) is 26.1 Å². The molecule has 2 aromatic rings. The van der Waals surface area contributed by atoms with Crippen LogP contribution in [-0.4, -0.2) is 15.1 Å². The quantitative estimate of drug-likeness (QED) is 0.606. The maximum absolute atomic E-state index is 11.0. The topological polar surface area (TPSA) is 78.2 Å². The number of halogens is 2. The summed E-state index contributed by atoms with van der Waals surface area (Å²) in [5.74, 6) is 0.287. The molecule has 0 bridgehead atoms. The molecule has 0 fully saturated rings. The van der Waals surface area contributed by atoms with Gasteiger partial charge in [-0.05, 0) is 31.5 Å². The Morgan fingerprint density at radius 3 is 2.65 bits per heavy atom. The van der Waals surface area contributed by atoms with Crippen LogP contribution in [0.25, 0.3) is 0 Å². The van der Waals surface area contributed by atoms with Crippen molar-refractivity contribution in [1.82, 2.24) is 10.2 Å². The van der Waals surface area contributed by atoms with E-state index < -0.39 is 4.92 Å². The summed E-state index contributed by atoms with van der Waals surface area (Å²) in [5.41, 5.74) is 1.24. The average Bonchev–Trinajstić information content (AvgIpc) is 2.41. The lowest BCUT2D eigenvalue weighted by atomic mass is 10.2. The zero-order chi connectivity index (χ0) is 14.9. The van der Waals surface area contributed by atoms with Gasteiger partial charge in [-0.1, -0.05) is 27.5 Å². The number of hydrogen-bond acceptors (Lipinski definition) is 5. The highest BCUT2D eigenvalue weighted by Crippen LogP contribution is 2.34. The number of nitro benzene ring substituents is 1. The second kappa shape index (κ2) is 5.72. The minimum absolute atomic E-state index is 0.0947. The van der Waals surface area contributed by atoms with E-state index in [0.29, 0.717) is 10.0 Å². The molecule has 20 heavy (non-hydrogen) atoms. The molecule has 0 saturated heterocycles. The number of hydrogen-bond donors (Lipinski definition) is 0. The summed E-state index contributed by atoms with van der Waals surface area (Å²) >= 11 is 9.03. The Balaban J connectivity index is 2.45. The number of ether oxygens (including phenoxy) is 1. The van der Waals surface area contributed by atoms with Crippen molar-refractivity contribution in [2.45, 2.75) is 13.8 Å². The van der Waals surface area contributed by atoms with Crippen LogP contribution in [0, 0.1) is 24.0 Å². The lowest BCUT2D eigenvalue weighted by Crippen LogP contribution is -1.99. The SMILES string of the molecule is Cc1c(Cl)nnc(Oc2ccc(Br)cc2[N+](=O)[O-])c1C. The standard InChI is InChI=1S/C12H9BrClN3O3/c1-6-7(2)12(16-15-11(6)14)20-10-4-3-8(13)5-9(10)17(18)19/h3-5H,1-2H3. The molecule has 0 N–H and O–H groups in total. The molecule has 8 heteroatoms. The summed E-state index contributed by atoms with van der Waals surface area (Å²) < 4.78 is 6.09. The van der Waals surface area contributed by atoms with Gasteiger partial charge in [0.25, 0.3) is 0 Å². The van der Waals surface area contributed by atoms with Gasteiger partial charge in [-0.25, -0.2) is 0 Å². The fourth-order valence-corrected chi connectivity index (χ4v) is 2.00. The molecule has 0 radical (unpaired) electrons. The smallest absolute Gasteiger partial charge is 0.312 e. The molecule has 0 aliphatic carbocycles. The van der Waals surface area contributed by atoms with E-state index in [4.69, 9.17) is 16.3 Å². The van der Waals surface area contributed by atoms with E-state index >= 15 is 0 Å². The molecule has 0 atom stereocenters. The maximum Gasteiger partial charge on any atom is 0.312 e. The normalized spacial score (nSPS) is 10.4. The van der Waals surface area contributed by atoms with Gasteiger partial charge in [0.1, 0.15) is 0 Å². The molecule has 2 rings (SSSR count). The summed E-state index contributed by atoms with van der Waals surface area (Å²) in [6, 6.07) is 4.50. The molecule has 6 nitrogen and oxygen atoms in total. The van der Waals surface area contributed by atoms with Crippen molar-refractivity contribution in [3.63, 3.8) is 0 Å². The van der Waals surface area contributed by atoms with Crippen molar-refractivity contribution < 1.29 is 9.66 Å². The number of rotatable bonds is 3. The predicted octanol–water partition coefficient (Wildman–Crippen LogP) is 4.21. The van der Waals surface area contributed by atoms with Gasteiger partial charge in [0.2, 0.25) is 11.6 Å². The van der Waals surface area contributed by atoms with Crippen LogP contribution in [0.3, 0.4) is 0 Å². The van der Waals surface area contributed by atoms with Crippen LogP contribution >= 0.6 is 27.5 Å². The summed E-state index contributed by atoms with van der Waals surface area (Å²) in [6.07, 6.45) is 0. The second-order valence-electron chi connectivity index (χ2n) is 4.02. The molecule has 1 aromatic carbocycles. The molecule has 1 aromatic heterocycles. The van der Waals surface area contributed by atoms with Gasteiger partial charge >= 0.3 is 5.69 Å². The molecule has 0 spiro atoms. The van der Waals surface area contributed by atoms with Crippen molar-refractivity contribution in [1.29, 1.82) is 0 Å². The first kappa shape index (κ1) is 14.7. The van der Waals surface area contributed by atoms with Crippen LogP contribution in [-0.2, 0) is 0 Å². The monoisotopic (exact) mass is 357 g/mol. The number of nitro groups is 1. The van der Waals surface area contributed by atoms with Gasteiger partial charge in [0, 0.05) is 16.1 Å². The average molecular weight is 359 g/mol. The van der Waals surface area contributed by atoms with E-state index in [-0.39, 0.29) is 22.5 Å². The summed E-state index contributed by atoms with van der Waals surface area (Å²) in [6.45, 7) is 3.53. The van der Waals surface area contributed by atoms with Gasteiger partial charge in [0.05, 0.1) is 4.92 Å². The van der Waals surface area contributed by atoms with E-state index in [1.165, 1.54) is 12.1 Å². The van der Waals surface area contributed by atoms with Gasteiger partial charge in [-0.3, -0.25) is 10.1 Å². The fourth-order valence-electron chi connectivity index (χ4n) is 1.48. The first-order valence-corrected chi connectivity index (χ1v) is 6.68. The Hall–Kier alpha value is -1.73. The van der Waals surface area contributed by atoms with Gasteiger partial charge in [0.15, 0.2) is 5.15 Å². The van der Waals surface area contributed by atoms with Gasteiger partial charge in [-0.2, -0.15) is 0 Å². The van der Waals surface area contributed by atoms with Crippen molar-refractivity contribution in [2.75, 3.05) is 0 Å². The van der Waals surface area contributed by atoms with Crippen molar-refractivity contribution in [2.24, 2.45) is 0 Å². The minimum atomic E-state index is -0.522. The summed E-state index contributed by atoms with van der Waals surface area (Å²) in [7, 11) is 0. The third-order valence-corrected chi connectivity index (χ3v) is 3.60. The number of nitrogens with zero attached hydrogens (tertiary/aromatic N) is 3. The first-order chi connectivity index (χ1) is 9.40. The van der Waals surface area contributed by atoms with Gasteiger partial charge < -0.3 is 4.74 Å². The molecule has 0 aliphatic rings. The molecular formula is C12H9BrClN3O3. The van der Waals surface area contributed by atoms with Crippen LogP contribution < -0.4 is 4.74 Å². The lowest BCUT2D eigenvalue weighted by molar-refractivity contribution is -0.385. The Morgan fingerprint density at radius 2 is 2.00 bits per heavy atom. The fraction of sp³-hybridized carbons (Fsp3) is 0.167. The molecular weight excluding hydrogens is 350 g/mol. The van der Waals surface area contributed by atoms with E-state index in [1.54, 1.807) is 19.9 Å². The van der Waals surface area contributed by atoms with Crippen LogP contribution in [0.1, 0.15) is 11.1 Å². The highest BCUT2D eigenvalue weighted by atomic mass is 79.9. The highest BCUT2D eigenvalue weighted by molar-refractivity contribution is 9.10. The Kier molecular flexibility index (Phi) is 4.20. The zero-order valence-electron chi connectivity index (χ0n) is 10.6. The lowest BCUT2D eigenvalue weighted by Gasteiger charge is -2.09. The number of benzene rings is 1. The molecule has 0 saturated carbocycles. The third-order valence-electron chi connectivity index (χ3n) is 2.75. The molecule has 104 valence electrons. The van der Waals surface area contributed by atoms with E-state index in [1.807, 2.05) is 0 Å². The predicted molar refractivity (Wildman–Crippen MR) is 77.4 cm³/mol. The first-order valence-electron chi connectivity index (χ1n) is 5.51. The van der Waals surface area contributed by atoms with Crippen LogP contribution in [0.2, 0.25) is 5.15 Å². The Labute approximate surface area is 128 Å². The van der Waals surface area contributed by atoms with Crippen molar-refractivity contribution in [3.05, 3.63) is 49.1 Å². The second-order valence-corrected chi connectivity index (χ2v) is 5.29. The highest BCUT2D eigenvalue weighted by Gasteiger charge is 2.19. The number of aromatic nitrogens is 2.